The first kappa shape index (κ1) is 101. The van der Waals surface area contributed by atoms with E-state index in [1.165, 1.54) is 0 Å². The van der Waals surface area contributed by atoms with Gasteiger partial charge >= 0.3 is 51.4 Å². The molecule has 0 radical (unpaired) electrons. The third kappa shape index (κ3) is 121. The molecule has 0 aliphatic carbocycles. The zero-order valence-corrected chi connectivity index (χ0v) is 8.17. The Morgan fingerprint density at radius 3 is 0.625 bits per heavy atom. The Labute approximate surface area is 94.0 Å². The van der Waals surface area contributed by atoms with Gasteiger partial charge in [0, 0.05) is 0 Å². The minimum Gasteiger partial charge on any atom is -0.769 e. The predicted octanol–water partition coefficient (Wildman–Crippen LogP) is -7.62. The van der Waals surface area contributed by atoms with Gasteiger partial charge < -0.3 is 32.0 Å². The molecular weight excluding hydrogens is 171 g/mol. The SMILES string of the molecule is O.O.O.O.O.[K+].[O-]Cl. The topological polar surface area (TPSA) is 181 Å². The van der Waals surface area contributed by atoms with E-state index in [1.807, 2.05) is 0 Å². The Morgan fingerprint density at radius 1 is 0.625 bits per heavy atom. The maximum atomic E-state index is 7.72. The number of rotatable bonds is 0. The van der Waals surface area contributed by atoms with E-state index in [0.717, 1.165) is 0 Å². The molecule has 0 saturated heterocycles. The average molecular weight is 181 g/mol. The van der Waals surface area contributed by atoms with Crippen LogP contribution >= 0.6 is 11.9 Å². The second-order valence-corrected chi connectivity index (χ2v) is 0. The first-order valence-electron chi connectivity index (χ1n) is 0.154. The van der Waals surface area contributed by atoms with Crippen molar-refractivity contribution in [3.05, 3.63) is 0 Å². The standard InChI is InChI=1S/ClO.K.5H2O/c1-2;;;;;;/h;;5*1H2/q-1;+1;;;;;. The summed E-state index contributed by atoms with van der Waals surface area (Å²) in [5.41, 5.74) is 0. The van der Waals surface area contributed by atoms with Crippen molar-refractivity contribution in [2.24, 2.45) is 0 Å². The molecule has 0 rings (SSSR count). The summed E-state index contributed by atoms with van der Waals surface area (Å²) in [5.74, 6) is 0. The molecule has 0 saturated carbocycles. The van der Waals surface area contributed by atoms with Crippen LogP contribution in [0.4, 0.5) is 0 Å². The summed E-state index contributed by atoms with van der Waals surface area (Å²) < 4.78 is 7.72. The molecule has 0 amide bonds. The summed E-state index contributed by atoms with van der Waals surface area (Å²) in [5, 5.41) is 0. The van der Waals surface area contributed by atoms with E-state index in [1.54, 1.807) is 0 Å². The molecule has 54 valence electrons. The minimum absolute atomic E-state index is 0. The average Bonchev–Trinajstić information content (AvgIpc) is 1.00. The van der Waals surface area contributed by atoms with E-state index in [9.17, 15) is 0 Å². The fourth-order valence-corrected chi connectivity index (χ4v) is 0. The Bertz CT molecular complexity index is 8.49. The summed E-state index contributed by atoms with van der Waals surface area (Å²) in [6.45, 7) is 0. The van der Waals surface area contributed by atoms with E-state index in [4.69, 9.17) is 4.66 Å². The van der Waals surface area contributed by atoms with Crippen LogP contribution in [0.25, 0.3) is 0 Å². The molecule has 0 aromatic rings. The van der Waals surface area contributed by atoms with Gasteiger partial charge in [-0.2, -0.15) is 0 Å². The van der Waals surface area contributed by atoms with Crippen LogP contribution < -0.4 is 56.0 Å². The van der Waals surface area contributed by atoms with E-state index >= 15 is 0 Å². The quantitative estimate of drug-likeness (QED) is 0.330. The molecule has 0 aromatic carbocycles. The van der Waals surface area contributed by atoms with Gasteiger partial charge in [-0.1, -0.05) is 0 Å². The van der Waals surface area contributed by atoms with Gasteiger partial charge in [-0.15, -0.1) is 0 Å². The van der Waals surface area contributed by atoms with E-state index in [-0.39, 0.29) is 78.8 Å². The molecule has 10 N–H and O–H groups in total. The van der Waals surface area contributed by atoms with Crippen molar-refractivity contribution in [3.63, 3.8) is 0 Å². The number of hydrogen-bond acceptors (Lipinski definition) is 1. The second kappa shape index (κ2) is 180. The van der Waals surface area contributed by atoms with Crippen molar-refractivity contribution in [2.45, 2.75) is 0 Å². The molecule has 0 heterocycles. The third-order valence-electron chi connectivity index (χ3n) is 0. The zero-order chi connectivity index (χ0) is 2.00. The molecular formula is H10ClKO6. The summed E-state index contributed by atoms with van der Waals surface area (Å²) in [7, 11) is 0. The van der Waals surface area contributed by atoms with Crippen LogP contribution in [0.15, 0.2) is 0 Å². The van der Waals surface area contributed by atoms with E-state index < -0.39 is 0 Å². The second-order valence-electron chi connectivity index (χ2n) is 0. The van der Waals surface area contributed by atoms with E-state index in [0.29, 0.717) is 0 Å². The minimum atomic E-state index is 0. The fraction of sp³-hybridized carbons (Fsp3) is 0. The zero-order valence-electron chi connectivity index (χ0n) is 4.29. The molecule has 0 aliphatic heterocycles. The fourth-order valence-electron chi connectivity index (χ4n) is 0. The van der Waals surface area contributed by atoms with Crippen molar-refractivity contribution >= 4 is 11.9 Å². The number of halogens is 1. The van der Waals surface area contributed by atoms with Crippen molar-refractivity contribution < 1.29 is 83.4 Å². The van der Waals surface area contributed by atoms with Crippen LogP contribution in [0.3, 0.4) is 0 Å². The maximum Gasteiger partial charge on any atom is 1.00 e. The summed E-state index contributed by atoms with van der Waals surface area (Å²) >= 11 is 3.39. The van der Waals surface area contributed by atoms with Crippen molar-refractivity contribution in [3.8, 4) is 0 Å². The van der Waals surface area contributed by atoms with Crippen LogP contribution in [0.5, 0.6) is 0 Å². The van der Waals surface area contributed by atoms with Crippen LogP contribution in [-0.4, -0.2) is 27.4 Å². The van der Waals surface area contributed by atoms with Crippen molar-refractivity contribution in [1.82, 2.24) is 0 Å². The van der Waals surface area contributed by atoms with Gasteiger partial charge in [-0.25, -0.2) is 11.9 Å². The molecule has 0 bridgehead atoms. The molecule has 0 fully saturated rings. The predicted molar refractivity (Wildman–Crippen MR) is 23.9 cm³/mol. The summed E-state index contributed by atoms with van der Waals surface area (Å²) in [6, 6.07) is 0. The Kier molecular flexibility index (Phi) is 2280. The molecule has 0 unspecified atom stereocenters. The van der Waals surface area contributed by atoms with Gasteiger partial charge in [0.15, 0.2) is 0 Å². The third-order valence-corrected chi connectivity index (χ3v) is 0. The van der Waals surface area contributed by atoms with Crippen molar-refractivity contribution in [1.29, 1.82) is 0 Å². The van der Waals surface area contributed by atoms with Gasteiger partial charge in [0.05, 0.1) is 0 Å². The molecule has 8 heavy (non-hydrogen) atoms. The molecule has 0 aromatic heterocycles. The smallest absolute Gasteiger partial charge is 0.769 e. The Morgan fingerprint density at radius 2 is 0.625 bits per heavy atom. The largest absolute Gasteiger partial charge is 1.00 e. The molecule has 8 heteroatoms. The summed E-state index contributed by atoms with van der Waals surface area (Å²) in [6.07, 6.45) is 0. The molecule has 6 nitrogen and oxygen atoms in total. The molecule has 0 aliphatic rings. The van der Waals surface area contributed by atoms with Gasteiger partial charge in [0.25, 0.3) is 0 Å². The monoisotopic (exact) mass is 180 g/mol. The number of hydrogen-bond donors (Lipinski definition) is 0. The van der Waals surface area contributed by atoms with Crippen LogP contribution in [0, 0.1) is 0 Å². The van der Waals surface area contributed by atoms with Crippen LogP contribution in [0.2, 0.25) is 0 Å². The van der Waals surface area contributed by atoms with Gasteiger partial charge in [-0.05, 0) is 0 Å². The van der Waals surface area contributed by atoms with Crippen molar-refractivity contribution in [2.75, 3.05) is 0 Å². The first-order valence-corrected chi connectivity index (χ1v) is 0.463. The van der Waals surface area contributed by atoms with Gasteiger partial charge in [-0.3, -0.25) is 0 Å². The first-order chi connectivity index (χ1) is 1.00. The summed E-state index contributed by atoms with van der Waals surface area (Å²) in [4.78, 5) is 0. The maximum absolute atomic E-state index is 7.72. The Balaban J connectivity index is -0.000000000333. The molecule has 0 atom stereocenters. The van der Waals surface area contributed by atoms with Gasteiger partial charge in [0.2, 0.25) is 0 Å². The van der Waals surface area contributed by atoms with E-state index in [2.05, 4.69) is 11.9 Å². The van der Waals surface area contributed by atoms with Gasteiger partial charge in [0.1, 0.15) is 0 Å². The normalized spacial score (nSPS) is 0.750. The van der Waals surface area contributed by atoms with Crippen LogP contribution in [-0.2, 0) is 0 Å². The Hall–Kier alpha value is 1.69. The molecule has 0 spiro atoms. The van der Waals surface area contributed by atoms with Crippen LogP contribution in [0.1, 0.15) is 0 Å².